The van der Waals surface area contributed by atoms with Crippen LogP contribution in [0.4, 0.5) is 5.69 Å². The summed E-state index contributed by atoms with van der Waals surface area (Å²) in [5, 5.41) is 3.39. The second-order valence-corrected chi connectivity index (χ2v) is 5.90. The highest BCUT2D eigenvalue weighted by Crippen LogP contribution is 2.17. The SMILES string of the molecule is Cn1c(=O)n(C)c2cc(CC(=O)Nc3cccc(Cl)c3)ccc21. The Morgan fingerprint density at radius 1 is 1.09 bits per heavy atom. The predicted molar refractivity (Wildman–Crippen MR) is 91.9 cm³/mol. The zero-order chi connectivity index (χ0) is 16.6. The van der Waals surface area contributed by atoms with Gasteiger partial charge in [0.2, 0.25) is 5.91 Å². The summed E-state index contributed by atoms with van der Waals surface area (Å²) < 4.78 is 3.17. The normalized spacial score (nSPS) is 10.9. The third-order valence-corrected chi connectivity index (χ3v) is 4.04. The van der Waals surface area contributed by atoms with Gasteiger partial charge in [0.25, 0.3) is 0 Å². The van der Waals surface area contributed by atoms with Crippen molar-refractivity contribution in [3.63, 3.8) is 0 Å². The van der Waals surface area contributed by atoms with Crippen LogP contribution in [0.5, 0.6) is 0 Å². The molecule has 0 unspecified atom stereocenters. The van der Waals surface area contributed by atoms with Crippen LogP contribution in [-0.4, -0.2) is 15.0 Å². The Morgan fingerprint density at radius 3 is 2.57 bits per heavy atom. The Bertz CT molecular complexity index is 956. The molecule has 1 aromatic heterocycles. The molecule has 2 aromatic carbocycles. The average Bonchev–Trinajstić information content (AvgIpc) is 2.72. The summed E-state index contributed by atoms with van der Waals surface area (Å²) in [6, 6.07) is 12.6. The van der Waals surface area contributed by atoms with Crippen molar-refractivity contribution in [1.29, 1.82) is 0 Å². The number of carbonyl (C=O) groups is 1. The van der Waals surface area contributed by atoms with Gasteiger partial charge in [0, 0.05) is 24.8 Å². The molecular formula is C17H16ClN3O2. The zero-order valence-corrected chi connectivity index (χ0v) is 13.6. The summed E-state index contributed by atoms with van der Waals surface area (Å²) in [6.07, 6.45) is 0.228. The molecule has 0 bridgehead atoms. The van der Waals surface area contributed by atoms with Crippen molar-refractivity contribution >= 4 is 34.2 Å². The number of hydrogen-bond donors (Lipinski definition) is 1. The van der Waals surface area contributed by atoms with Gasteiger partial charge in [-0.2, -0.15) is 0 Å². The molecule has 5 nitrogen and oxygen atoms in total. The van der Waals surface area contributed by atoms with Crippen LogP contribution in [0.3, 0.4) is 0 Å². The van der Waals surface area contributed by atoms with E-state index in [1.54, 1.807) is 47.5 Å². The van der Waals surface area contributed by atoms with Crippen LogP contribution in [0.25, 0.3) is 11.0 Å². The fourth-order valence-electron chi connectivity index (χ4n) is 2.62. The number of carbonyl (C=O) groups excluding carboxylic acids is 1. The third kappa shape index (κ3) is 3.00. The summed E-state index contributed by atoms with van der Waals surface area (Å²) >= 11 is 5.90. The number of rotatable bonds is 3. The van der Waals surface area contributed by atoms with Crippen molar-refractivity contribution in [3.8, 4) is 0 Å². The molecule has 3 rings (SSSR count). The van der Waals surface area contributed by atoms with Crippen molar-refractivity contribution in [3.05, 3.63) is 63.5 Å². The maximum Gasteiger partial charge on any atom is 0.328 e. The molecule has 1 heterocycles. The first kappa shape index (κ1) is 15.4. The highest BCUT2D eigenvalue weighted by Gasteiger charge is 2.10. The smallest absolute Gasteiger partial charge is 0.326 e. The van der Waals surface area contributed by atoms with E-state index < -0.39 is 0 Å². The Morgan fingerprint density at radius 2 is 1.83 bits per heavy atom. The van der Waals surface area contributed by atoms with Gasteiger partial charge in [0.15, 0.2) is 0 Å². The van der Waals surface area contributed by atoms with Crippen molar-refractivity contribution in [2.45, 2.75) is 6.42 Å². The number of imidazole rings is 1. The number of aromatic nitrogens is 2. The standard InChI is InChI=1S/C17H16ClN3O2/c1-20-14-7-6-11(8-15(14)21(2)17(20)23)9-16(22)19-13-5-3-4-12(18)10-13/h3-8,10H,9H2,1-2H3,(H,19,22). The van der Waals surface area contributed by atoms with Crippen LogP contribution in [0.1, 0.15) is 5.56 Å². The number of amides is 1. The highest BCUT2D eigenvalue weighted by atomic mass is 35.5. The highest BCUT2D eigenvalue weighted by molar-refractivity contribution is 6.30. The van der Waals surface area contributed by atoms with Gasteiger partial charge in [-0.15, -0.1) is 0 Å². The fourth-order valence-corrected chi connectivity index (χ4v) is 2.81. The lowest BCUT2D eigenvalue weighted by molar-refractivity contribution is -0.115. The topological polar surface area (TPSA) is 56.0 Å². The molecular weight excluding hydrogens is 314 g/mol. The minimum atomic E-state index is -0.132. The molecule has 23 heavy (non-hydrogen) atoms. The van der Waals surface area contributed by atoms with E-state index in [4.69, 9.17) is 11.6 Å². The quantitative estimate of drug-likeness (QED) is 0.803. The first-order valence-electron chi connectivity index (χ1n) is 7.15. The summed E-state index contributed by atoms with van der Waals surface area (Å²) in [7, 11) is 3.46. The molecule has 0 spiro atoms. The number of nitrogens with one attached hydrogen (secondary N) is 1. The Kier molecular flexibility index (Phi) is 3.96. The molecule has 0 saturated heterocycles. The van der Waals surface area contributed by atoms with Gasteiger partial charge in [-0.3, -0.25) is 13.9 Å². The van der Waals surface area contributed by atoms with Gasteiger partial charge in [-0.1, -0.05) is 23.7 Å². The van der Waals surface area contributed by atoms with Crippen LogP contribution in [-0.2, 0) is 25.3 Å². The monoisotopic (exact) mass is 329 g/mol. The summed E-state index contributed by atoms with van der Waals surface area (Å²) in [5.41, 5.74) is 3.08. The Labute approximate surface area is 138 Å². The van der Waals surface area contributed by atoms with Gasteiger partial charge >= 0.3 is 5.69 Å². The van der Waals surface area contributed by atoms with Crippen LogP contribution in [0.15, 0.2) is 47.3 Å². The van der Waals surface area contributed by atoms with E-state index in [1.165, 1.54) is 0 Å². The lowest BCUT2D eigenvalue weighted by atomic mass is 10.1. The molecule has 1 amide bonds. The molecule has 0 saturated carbocycles. The second kappa shape index (κ2) is 5.93. The van der Waals surface area contributed by atoms with Crippen LogP contribution in [0.2, 0.25) is 5.02 Å². The van der Waals surface area contributed by atoms with Crippen molar-refractivity contribution in [2.24, 2.45) is 14.1 Å². The first-order chi connectivity index (χ1) is 11.0. The summed E-state index contributed by atoms with van der Waals surface area (Å²) in [6.45, 7) is 0. The average molecular weight is 330 g/mol. The molecule has 0 aliphatic rings. The lowest BCUT2D eigenvalue weighted by Gasteiger charge is -2.06. The number of fused-ring (bicyclic) bond motifs is 1. The molecule has 0 radical (unpaired) electrons. The van der Waals surface area contributed by atoms with Gasteiger partial charge in [-0.05, 0) is 35.9 Å². The van der Waals surface area contributed by atoms with Gasteiger partial charge in [-0.25, -0.2) is 4.79 Å². The molecule has 0 aliphatic heterocycles. The number of halogens is 1. The molecule has 0 atom stereocenters. The fraction of sp³-hybridized carbons (Fsp3) is 0.176. The van der Waals surface area contributed by atoms with E-state index in [0.29, 0.717) is 10.7 Å². The molecule has 0 fully saturated rings. The largest absolute Gasteiger partial charge is 0.328 e. The van der Waals surface area contributed by atoms with E-state index in [2.05, 4.69) is 5.32 Å². The van der Waals surface area contributed by atoms with E-state index in [9.17, 15) is 9.59 Å². The van der Waals surface area contributed by atoms with E-state index >= 15 is 0 Å². The van der Waals surface area contributed by atoms with E-state index in [-0.39, 0.29) is 18.0 Å². The number of hydrogen-bond acceptors (Lipinski definition) is 2. The molecule has 6 heteroatoms. The minimum absolute atomic E-state index is 0.0828. The van der Waals surface area contributed by atoms with Gasteiger partial charge in [0.05, 0.1) is 17.5 Å². The summed E-state index contributed by atoms with van der Waals surface area (Å²) in [5.74, 6) is -0.132. The lowest BCUT2D eigenvalue weighted by Crippen LogP contribution is -2.19. The second-order valence-electron chi connectivity index (χ2n) is 5.46. The van der Waals surface area contributed by atoms with Crippen molar-refractivity contribution in [1.82, 2.24) is 9.13 Å². The molecule has 0 aliphatic carbocycles. The summed E-state index contributed by atoms with van der Waals surface area (Å²) in [4.78, 5) is 24.1. The van der Waals surface area contributed by atoms with Crippen LogP contribution >= 0.6 is 11.6 Å². The maximum absolute atomic E-state index is 12.2. The maximum atomic E-state index is 12.2. The molecule has 3 aromatic rings. The number of anilines is 1. The van der Waals surface area contributed by atoms with E-state index in [0.717, 1.165) is 16.6 Å². The minimum Gasteiger partial charge on any atom is -0.326 e. The molecule has 118 valence electrons. The Hall–Kier alpha value is -2.53. The number of aryl methyl sites for hydroxylation is 2. The first-order valence-corrected chi connectivity index (χ1v) is 7.53. The van der Waals surface area contributed by atoms with Gasteiger partial charge in [0.1, 0.15) is 0 Å². The Balaban J connectivity index is 1.82. The predicted octanol–water partition coefficient (Wildman–Crippen LogP) is 2.71. The van der Waals surface area contributed by atoms with Crippen molar-refractivity contribution < 1.29 is 4.79 Å². The zero-order valence-electron chi connectivity index (χ0n) is 12.8. The third-order valence-electron chi connectivity index (χ3n) is 3.81. The number of nitrogens with zero attached hydrogens (tertiary/aromatic N) is 2. The van der Waals surface area contributed by atoms with Crippen LogP contribution < -0.4 is 11.0 Å². The molecule has 1 N–H and O–H groups in total. The van der Waals surface area contributed by atoms with Crippen LogP contribution in [0, 0.1) is 0 Å². The van der Waals surface area contributed by atoms with E-state index in [1.807, 2.05) is 18.2 Å². The number of benzene rings is 2. The van der Waals surface area contributed by atoms with Gasteiger partial charge < -0.3 is 5.32 Å². The van der Waals surface area contributed by atoms with Crippen molar-refractivity contribution in [2.75, 3.05) is 5.32 Å².